The van der Waals surface area contributed by atoms with Crippen LogP contribution in [0.25, 0.3) is 0 Å². The largest absolute Gasteiger partial charge is 0.493 e. The highest BCUT2D eigenvalue weighted by Gasteiger charge is 2.23. The molecule has 3 nitrogen and oxygen atoms in total. The fourth-order valence-corrected chi connectivity index (χ4v) is 2.93. The highest BCUT2D eigenvalue weighted by Crippen LogP contribution is 2.32. The van der Waals surface area contributed by atoms with E-state index in [9.17, 15) is 8.42 Å². The molecule has 0 aromatic heterocycles. The van der Waals surface area contributed by atoms with E-state index in [1.807, 2.05) is 6.92 Å². The Hall–Kier alpha value is -0.740. The second-order valence-corrected chi connectivity index (χ2v) is 7.04. The Bertz CT molecular complexity index is 533. The first-order chi connectivity index (χ1) is 7.89. The molecule has 2 rings (SSSR count). The zero-order valence-electron chi connectivity index (χ0n) is 9.86. The molecule has 0 saturated heterocycles. The van der Waals surface area contributed by atoms with Gasteiger partial charge in [-0.05, 0) is 55.9 Å². The smallest absolute Gasteiger partial charge is 0.261 e. The lowest BCUT2D eigenvalue weighted by atomic mass is 10.1. The van der Waals surface area contributed by atoms with Crippen LogP contribution >= 0.6 is 10.7 Å². The normalized spacial score (nSPS) is 15.9. The third-order valence-corrected chi connectivity index (χ3v) is 4.59. The molecular weight excluding hydrogens is 260 g/mol. The average molecular weight is 275 g/mol. The zero-order valence-corrected chi connectivity index (χ0v) is 11.4. The summed E-state index contributed by atoms with van der Waals surface area (Å²) < 4.78 is 28.3. The van der Waals surface area contributed by atoms with Crippen LogP contribution in [0.4, 0.5) is 0 Å². The second-order valence-electron chi connectivity index (χ2n) is 4.50. The summed E-state index contributed by atoms with van der Waals surface area (Å²) in [6.07, 6.45) is 2.46. The van der Waals surface area contributed by atoms with Crippen molar-refractivity contribution in [2.45, 2.75) is 31.6 Å². The van der Waals surface area contributed by atoms with Gasteiger partial charge in [-0.25, -0.2) is 8.42 Å². The van der Waals surface area contributed by atoms with Crippen molar-refractivity contribution in [3.8, 4) is 5.75 Å². The van der Waals surface area contributed by atoms with Gasteiger partial charge in [-0.3, -0.25) is 0 Å². The van der Waals surface area contributed by atoms with Gasteiger partial charge in [0.15, 0.2) is 0 Å². The lowest BCUT2D eigenvalue weighted by Crippen LogP contribution is -2.03. The first-order valence-electron chi connectivity index (χ1n) is 5.57. The average Bonchev–Trinajstić information content (AvgIpc) is 3.02. The molecule has 17 heavy (non-hydrogen) atoms. The SMILES string of the molecule is Cc1c(OCC2CC2)ccc(S(=O)(=O)Cl)c1C. The summed E-state index contributed by atoms with van der Waals surface area (Å²) in [6.45, 7) is 4.31. The Morgan fingerprint density at radius 1 is 1.29 bits per heavy atom. The molecule has 0 atom stereocenters. The van der Waals surface area contributed by atoms with Crippen molar-refractivity contribution in [3.63, 3.8) is 0 Å². The van der Waals surface area contributed by atoms with Crippen molar-refractivity contribution >= 4 is 19.7 Å². The maximum atomic E-state index is 11.3. The summed E-state index contributed by atoms with van der Waals surface area (Å²) in [4.78, 5) is 0.162. The van der Waals surface area contributed by atoms with E-state index in [1.165, 1.54) is 18.9 Å². The van der Waals surface area contributed by atoms with E-state index in [4.69, 9.17) is 15.4 Å². The highest BCUT2D eigenvalue weighted by atomic mass is 35.7. The lowest BCUT2D eigenvalue weighted by Gasteiger charge is -2.12. The van der Waals surface area contributed by atoms with Crippen LogP contribution in [0.1, 0.15) is 24.0 Å². The zero-order chi connectivity index (χ0) is 12.6. The van der Waals surface area contributed by atoms with Gasteiger partial charge >= 0.3 is 0 Å². The van der Waals surface area contributed by atoms with E-state index < -0.39 is 9.05 Å². The second kappa shape index (κ2) is 4.50. The van der Waals surface area contributed by atoms with Gasteiger partial charge in [0, 0.05) is 10.7 Å². The standard InChI is InChI=1S/C12H15ClO3S/c1-8-9(2)12(17(13,14)15)6-5-11(8)16-7-10-3-4-10/h5-6,10H,3-4,7H2,1-2H3. The van der Waals surface area contributed by atoms with Gasteiger partial charge in [-0.15, -0.1) is 0 Å². The predicted molar refractivity (Wildman–Crippen MR) is 67.2 cm³/mol. The van der Waals surface area contributed by atoms with Crippen molar-refractivity contribution in [2.24, 2.45) is 5.92 Å². The molecule has 94 valence electrons. The van der Waals surface area contributed by atoms with Gasteiger partial charge in [-0.1, -0.05) is 0 Å². The van der Waals surface area contributed by atoms with Crippen LogP contribution in [0.2, 0.25) is 0 Å². The molecular formula is C12H15ClO3S. The number of hydrogen-bond donors (Lipinski definition) is 0. The van der Waals surface area contributed by atoms with E-state index in [0.717, 1.165) is 11.3 Å². The van der Waals surface area contributed by atoms with Crippen LogP contribution in [-0.4, -0.2) is 15.0 Å². The first kappa shape index (κ1) is 12.7. The van der Waals surface area contributed by atoms with Crippen molar-refractivity contribution in [3.05, 3.63) is 23.3 Å². The molecule has 0 unspecified atom stereocenters. The molecule has 0 radical (unpaired) electrons. The van der Waals surface area contributed by atoms with Crippen LogP contribution in [0.15, 0.2) is 17.0 Å². The third-order valence-electron chi connectivity index (χ3n) is 3.12. The molecule has 0 spiro atoms. The molecule has 0 bridgehead atoms. The van der Waals surface area contributed by atoms with Gasteiger partial charge in [0.2, 0.25) is 0 Å². The Morgan fingerprint density at radius 2 is 1.94 bits per heavy atom. The van der Waals surface area contributed by atoms with E-state index in [2.05, 4.69) is 0 Å². The summed E-state index contributed by atoms with van der Waals surface area (Å²) in [5.41, 5.74) is 1.50. The Labute approximate surface area is 106 Å². The van der Waals surface area contributed by atoms with E-state index in [0.29, 0.717) is 18.1 Å². The number of ether oxygens (including phenoxy) is 1. The summed E-state index contributed by atoms with van der Waals surface area (Å²) in [7, 11) is 1.68. The molecule has 1 aromatic rings. The number of rotatable bonds is 4. The van der Waals surface area contributed by atoms with E-state index in [1.54, 1.807) is 13.0 Å². The van der Waals surface area contributed by atoms with Gasteiger partial charge in [-0.2, -0.15) is 0 Å². The number of halogens is 1. The Kier molecular flexibility index (Phi) is 3.36. The van der Waals surface area contributed by atoms with Gasteiger partial charge in [0.05, 0.1) is 11.5 Å². The van der Waals surface area contributed by atoms with Crippen LogP contribution in [0, 0.1) is 19.8 Å². The topological polar surface area (TPSA) is 43.4 Å². The molecule has 0 N–H and O–H groups in total. The lowest BCUT2D eigenvalue weighted by molar-refractivity contribution is 0.297. The molecule has 0 aliphatic heterocycles. The number of hydrogen-bond acceptors (Lipinski definition) is 3. The van der Waals surface area contributed by atoms with Crippen LogP contribution in [0.5, 0.6) is 5.75 Å². The minimum Gasteiger partial charge on any atom is -0.493 e. The minimum absolute atomic E-state index is 0.162. The Morgan fingerprint density at radius 3 is 2.47 bits per heavy atom. The van der Waals surface area contributed by atoms with E-state index in [-0.39, 0.29) is 4.90 Å². The molecule has 1 aromatic carbocycles. The van der Waals surface area contributed by atoms with Gasteiger partial charge in [0.25, 0.3) is 9.05 Å². The van der Waals surface area contributed by atoms with Crippen molar-refractivity contribution in [1.82, 2.24) is 0 Å². The molecule has 1 aliphatic carbocycles. The van der Waals surface area contributed by atoms with Gasteiger partial charge < -0.3 is 4.74 Å². The van der Waals surface area contributed by atoms with Crippen LogP contribution < -0.4 is 4.74 Å². The highest BCUT2D eigenvalue weighted by molar-refractivity contribution is 8.13. The minimum atomic E-state index is -3.68. The Balaban J connectivity index is 2.28. The van der Waals surface area contributed by atoms with Crippen molar-refractivity contribution in [1.29, 1.82) is 0 Å². The van der Waals surface area contributed by atoms with Gasteiger partial charge in [0.1, 0.15) is 5.75 Å². The maximum Gasteiger partial charge on any atom is 0.261 e. The van der Waals surface area contributed by atoms with Crippen molar-refractivity contribution in [2.75, 3.05) is 6.61 Å². The third kappa shape index (κ3) is 2.93. The van der Waals surface area contributed by atoms with Crippen LogP contribution in [-0.2, 0) is 9.05 Å². The quantitative estimate of drug-likeness (QED) is 0.793. The predicted octanol–water partition coefficient (Wildman–Crippen LogP) is 3.02. The maximum absolute atomic E-state index is 11.3. The summed E-state index contributed by atoms with van der Waals surface area (Å²) >= 11 is 0. The fraction of sp³-hybridized carbons (Fsp3) is 0.500. The first-order valence-corrected chi connectivity index (χ1v) is 7.88. The summed E-state index contributed by atoms with van der Waals surface area (Å²) in [6, 6.07) is 3.19. The molecule has 0 amide bonds. The summed E-state index contributed by atoms with van der Waals surface area (Å²) in [5, 5.41) is 0. The van der Waals surface area contributed by atoms with E-state index >= 15 is 0 Å². The monoisotopic (exact) mass is 274 g/mol. The van der Waals surface area contributed by atoms with Crippen LogP contribution in [0.3, 0.4) is 0 Å². The summed E-state index contributed by atoms with van der Waals surface area (Å²) in [5.74, 6) is 1.42. The van der Waals surface area contributed by atoms with Crippen molar-refractivity contribution < 1.29 is 13.2 Å². The molecule has 1 aliphatic rings. The molecule has 1 saturated carbocycles. The molecule has 1 fully saturated rings. The molecule has 5 heteroatoms. The fourth-order valence-electron chi connectivity index (χ4n) is 1.68. The molecule has 0 heterocycles. The number of benzene rings is 1.